The fourth-order valence-corrected chi connectivity index (χ4v) is 0.850. The SMILES string of the molecule is C/[N+]([O-])=N/Nc1cccc(C(=O)O)c1. The van der Waals surface area contributed by atoms with Crippen molar-refractivity contribution < 1.29 is 14.8 Å². The minimum atomic E-state index is -1.02. The third kappa shape index (κ3) is 2.74. The second kappa shape index (κ2) is 4.22. The van der Waals surface area contributed by atoms with Gasteiger partial charge in [0.05, 0.1) is 10.8 Å². The summed E-state index contributed by atoms with van der Waals surface area (Å²) < 4.78 is 0. The first kappa shape index (κ1) is 9.97. The molecule has 0 aliphatic rings. The highest BCUT2D eigenvalue weighted by molar-refractivity contribution is 5.88. The van der Waals surface area contributed by atoms with Crippen LogP contribution in [0.25, 0.3) is 0 Å². The average Bonchev–Trinajstić information content (AvgIpc) is 2.15. The van der Waals surface area contributed by atoms with Crippen LogP contribution in [0.3, 0.4) is 0 Å². The van der Waals surface area contributed by atoms with E-state index in [0.29, 0.717) is 10.5 Å². The molecule has 0 bridgehead atoms. The van der Waals surface area contributed by atoms with Crippen LogP contribution in [0, 0.1) is 5.21 Å². The summed E-state index contributed by atoms with van der Waals surface area (Å²) in [6, 6.07) is 6.01. The monoisotopic (exact) mass is 195 g/mol. The lowest BCUT2D eigenvalue weighted by Gasteiger charge is -1.98. The van der Waals surface area contributed by atoms with Crippen molar-refractivity contribution in [1.82, 2.24) is 0 Å². The molecule has 0 heterocycles. The van der Waals surface area contributed by atoms with Gasteiger partial charge >= 0.3 is 5.97 Å². The van der Waals surface area contributed by atoms with Crippen LogP contribution in [0.15, 0.2) is 29.5 Å². The van der Waals surface area contributed by atoms with E-state index < -0.39 is 5.97 Å². The molecule has 0 aliphatic heterocycles. The molecule has 0 saturated carbocycles. The fraction of sp³-hybridized carbons (Fsp3) is 0.125. The number of hydrogen-bond donors (Lipinski definition) is 2. The Morgan fingerprint density at radius 1 is 1.64 bits per heavy atom. The van der Waals surface area contributed by atoms with Gasteiger partial charge in [0.25, 0.3) is 0 Å². The highest BCUT2D eigenvalue weighted by Crippen LogP contribution is 2.10. The normalized spacial score (nSPS) is 11.1. The Morgan fingerprint density at radius 2 is 2.36 bits per heavy atom. The summed E-state index contributed by atoms with van der Waals surface area (Å²) in [7, 11) is 1.22. The lowest BCUT2D eigenvalue weighted by Crippen LogP contribution is -1.99. The first-order valence-electron chi connectivity index (χ1n) is 3.80. The Kier molecular flexibility index (Phi) is 3.01. The summed E-state index contributed by atoms with van der Waals surface area (Å²) in [5.41, 5.74) is 3.00. The van der Waals surface area contributed by atoms with Crippen LogP contribution in [0.5, 0.6) is 0 Å². The van der Waals surface area contributed by atoms with Crippen LogP contribution >= 0.6 is 0 Å². The summed E-state index contributed by atoms with van der Waals surface area (Å²) >= 11 is 0. The molecule has 0 aromatic heterocycles. The second-order valence-electron chi connectivity index (χ2n) is 2.56. The molecule has 1 aromatic rings. The van der Waals surface area contributed by atoms with Crippen molar-refractivity contribution in [2.45, 2.75) is 0 Å². The summed E-state index contributed by atoms with van der Waals surface area (Å²) in [6.07, 6.45) is 0. The number of nitrogens with zero attached hydrogens (tertiary/aromatic N) is 2. The minimum absolute atomic E-state index is 0.138. The zero-order valence-corrected chi connectivity index (χ0v) is 7.47. The molecule has 6 heteroatoms. The summed E-state index contributed by atoms with van der Waals surface area (Å²) in [4.78, 5) is 10.9. The molecule has 2 N–H and O–H groups in total. The molecule has 1 rings (SSSR count). The first-order chi connectivity index (χ1) is 6.59. The summed E-state index contributed by atoms with van der Waals surface area (Å²) in [5.74, 6) is -1.02. The van der Waals surface area contributed by atoms with Crippen LogP contribution in [-0.4, -0.2) is 23.0 Å². The maximum Gasteiger partial charge on any atom is 0.335 e. The van der Waals surface area contributed by atoms with E-state index in [1.165, 1.54) is 19.2 Å². The molecule has 0 spiro atoms. The van der Waals surface area contributed by atoms with E-state index in [0.717, 1.165) is 0 Å². The zero-order chi connectivity index (χ0) is 10.6. The van der Waals surface area contributed by atoms with Gasteiger partial charge in [0.1, 0.15) is 12.7 Å². The Bertz CT molecular complexity index is 372. The van der Waals surface area contributed by atoms with Gasteiger partial charge in [0.15, 0.2) is 0 Å². The highest BCUT2D eigenvalue weighted by atomic mass is 16.5. The number of nitrogens with one attached hydrogen (secondary N) is 1. The van der Waals surface area contributed by atoms with Gasteiger partial charge in [-0.1, -0.05) is 6.07 Å². The van der Waals surface area contributed by atoms with Crippen molar-refractivity contribution >= 4 is 11.7 Å². The van der Waals surface area contributed by atoms with Crippen LogP contribution in [-0.2, 0) is 0 Å². The smallest absolute Gasteiger partial charge is 0.335 e. The van der Waals surface area contributed by atoms with E-state index in [1.54, 1.807) is 12.1 Å². The minimum Gasteiger partial charge on any atom is -0.696 e. The van der Waals surface area contributed by atoms with Gasteiger partial charge < -0.3 is 10.3 Å². The Labute approximate surface area is 80.0 Å². The Morgan fingerprint density at radius 3 is 2.93 bits per heavy atom. The van der Waals surface area contributed by atoms with Crippen molar-refractivity contribution in [3.8, 4) is 0 Å². The molecular weight excluding hydrogens is 186 g/mol. The number of anilines is 1. The van der Waals surface area contributed by atoms with Crippen molar-refractivity contribution in [2.75, 3.05) is 12.5 Å². The summed E-state index contributed by atoms with van der Waals surface area (Å²) in [5, 5.41) is 22.4. The number of carbonyl (C=O) groups is 1. The van der Waals surface area contributed by atoms with E-state index >= 15 is 0 Å². The van der Waals surface area contributed by atoms with E-state index in [1.807, 2.05) is 0 Å². The molecule has 0 amide bonds. The highest BCUT2D eigenvalue weighted by Gasteiger charge is 2.04. The average molecular weight is 195 g/mol. The number of benzene rings is 1. The predicted octanol–water partition coefficient (Wildman–Crippen LogP) is 1.30. The second-order valence-corrected chi connectivity index (χ2v) is 2.56. The topological polar surface area (TPSA) is 87.8 Å². The van der Waals surface area contributed by atoms with E-state index in [9.17, 15) is 10.0 Å². The number of aromatic carboxylic acids is 1. The number of carboxylic acid groups (broad SMARTS) is 1. The van der Waals surface area contributed by atoms with Crippen LogP contribution in [0.4, 0.5) is 5.69 Å². The van der Waals surface area contributed by atoms with Crippen LogP contribution in [0.1, 0.15) is 10.4 Å². The van der Waals surface area contributed by atoms with Gasteiger partial charge in [-0.05, 0) is 12.1 Å². The van der Waals surface area contributed by atoms with E-state index in [-0.39, 0.29) is 5.56 Å². The maximum atomic E-state index is 10.6. The van der Waals surface area contributed by atoms with Gasteiger partial charge in [-0.3, -0.25) is 0 Å². The standard InChI is InChI=1S/C8H9N3O3/c1-11(14)10-9-7-4-2-3-6(5-7)8(12)13/h2-5,9H,1H3,(H,12,13)/b11-10-. The van der Waals surface area contributed by atoms with Gasteiger partial charge in [-0.2, -0.15) is 4.86 Å². The zero-order valence-electron chi connectivity index (χ0n) is 7.47. The lowest BCUT2D eigenvalue weighted by atomic mass is 10.2. The third-order valence-corrected chi connectivity index (χ3v) is 1.43. The molecule has 0 radical (unpaired) electrons. The largest absolute Gasteiger partial charge is 0.696 e. The maximum absolute atomic E-state index is 10.6. The Balaban J connectivity index is 2.84. The van der Waals surface area contributed by atoms with Crippen LogP contribution in [0.2, 0.25) is 0 Å². The van der Waals surface area contributed by atoms with Gasteiger partial charge in [-0.15, -0.1) is 5.43 Å². The molecular formula is C8H9N3O3. The van der Waals surface area contributed by atoms with Crippen molar-refractivity contribution in [1.29, 1.82) is 0 Å². The van der Waals surface area contributed by atoms with Gasteiger partial charge in [0.2, 0.25) is 0 Å². The van der Waals surface area contributed by atoms with Gasteiger partial charge in [-0.25, -0.2) is 4.79 Å². The number of hydroxylamine groups is 1. The third-order valence-electron chi connectivity index (χ3n) is 1.43. The first-order valence-corrected chi connectivity index (χ1v) is 3.80. The number of hydrogen-bond acceptors (Lipinski definition) is 3. The van der Waals surface area contributed by atoms with Crippen LogP contribution < -0.4 is 5.43 Å². The molecule has 6 nitrogen and oxygen atoms in total. The van der Waals surface area contributed by atoms with E-state index in [2.05, 4.69) is 10.6 Å². The molecule has 1 aromatic carbocycles. The molecule has 0 aliphatic carbocycles. The van der Waals surface area contributed by atoms with Crippen molar-refractivity contribution in [3.63, 3.8) is 0 Å². The number of carboxylic acids is 1. The summed E-state index contributed by atoms with van der Waals surface area (Å²) in [6.45, 7) is 0. The number of rotatable bonds is 3. The van der Waals surface area contributed by atoms with Crippen molar-refractivity contribution in [2.24, 2.45) is 5.22 Å². The molecule has 0 atom stereocenters. The predicted molar refractivity (Wildman–Crippen MR) is 49.0 cm³/mol. The molecule has 0 unspecified atom stereocenters. The quantitative estimate of drug-likeness (QED) is 0.432. The fourth-order valence-electron chi connectivity index (χ4n) is 0.850. The molecule has 74 valence electrons. The van der Waals surface area contributed by atoms with Gasteiger partial charge in [0, 0.05) is 6.07 Å². The lowest BCUT2D eigenvalue weighted by molar-refractivity contribution is -0.497. The molecule has 0 saturated heterocycles. The van der Waals surface area contributed by atoms with E-state index in [4.69, 9.17) is 5.11 Å². The molecule has 0 fully saturated rings. The molecule has 14 heavy (non-hydrogen) atoms. The van der Waals surface area contributed by atoms with Crippen molar-refractivity contribution in [3.05, 3.63) is 35.0 Å². The Hall–Kier alpha value is -2.11.